The second-order valence-electron chi connectivity index (χ2n) is 4.81. The van der Waals surface area contributed by atoms with Crippen LogP contribution in [-0.4, -0.2) is 36.8 Å². The van der Waals surface area contributed by atoms with Crippen molar-refractivity contribution in [1.29, 1.82) is 0 Å². The predicted molar refractivity (Wildman–Crippen MR) is 84.6 cm³/mol. The monoisotopic (exact) mass is 342 g/mol. The summed E-state index contributed by atoms with van der Waals surface area (Å²) >= 11 is 0. The van der Waals surface area contributed by atoms with E-state index < -0.39 is 12.3 Å². The van der Waals surface area contributed by atoms with E-state index in [-0.39, 0.29) is 35.7 Å². The molecule has 0 N–H and O–H groups in total. The minimum Gasteiger partial charge on any atom is -0.481 e. The summed E-state index contributed by atoms with van der Waals surface area (Å²) < 4.78 is 26.3. The third-order valence-electron chi connectivity index (χ3n) is 3.33. The van der Waals surface area contributed by atoms with Crippen molar-refractivity contribution in [2.75, 3.05) is 20.8 Å². The lowest BCUT2D eigenvalue weighted by atomic mass is 10.1. The molecule has 1 aliphatic rings. The molecule has 0 saturated carbocycles. The molecule has 8 heteroatoms. The summed E-state index contributed by atoms with van der Waals surface area (Å²) in [5.74, 6) is 2.49. The zero-order valence-electron chi connectivity index (χ0n) is 13.5. The van der Waals surface area contributed by atoms with Gasteiger partial charge in [-0.05, 0) is 6.07 Å². The number of hydrogen-bond donors (Lipinski definition) is 0. The van der Waals surface area contributed by atoms with Crippen LogP contribution < -0.4 is 14.2 Å². The van der Waals surface area contributed by atoms with E-state index in [1.807, 2.05) is 0 Å². The molecule has 0 bridgehead atoms. The summed E-state index contributed by atoms with van der Waals surface area (Å²) in [5, 5.41) is 0. The van der Waals surface area contributed by atoms with Gasteiger partial charge < -0.3 is 23.7 Å². The highest BCUT2D eigenvalue weighted by molar-refractivity contribution is 5.96. The molecule has 0 aliphatic carbocycles. The lowest BCUT2D eigenvalue weighted by Crippen LogP contribution is -2.03. The largest absolute Gasteiger partial charge is 0.481 e. The van der Waals surface area contributed by atoms with E-state index in [1.165, 1.54) is 20.3 Å². The molecule has 3 rings (SSSR count). The van der Waals surface area contributed by atoms with Gasteiger partial charge >= 0.3 is 12.0 Å². The standard InChI is InChI=1S/C17H14N2O6/c1-4-8-23-16-10-6-5-7-11(14(10)15(20)25-16)24-17-18-12(21-2)9-13(19-17)22-3/h1,5-7,9,16H,8H2,2-3H3. The Labute approximate surface area is 143 Å². The molecule has 1 aromatic carbocycles. The Kier molecular flexibility index (Phi) is 4.68. The molecule has 0 radical (unpaired) electrons. The summed E-state index contributed by atoms with van der Waals surface area (Å²) in [4.78, 5) is 20.3. The number of benzene rings is 1. The average Bonchev–Trinajstić information content (AvgIpc) is 2.96. The first-order valence-electron chi connectivity index (χ1n) is 7.20. The second kappa shape index (κ2) is 7.07. The van der Waals surface area contributed by atoms with Crippen molar-refractivity contribution in [2.24, 2.45) is 0 Å². The highest BCUT2D eigenvalue weighted by Gasteiger charge is 2.35. The highest BCUT2D eigenvalue weighted by Crippen LogP contribution is 2.38. The van der Waals surface area contributed by atoms with Crippen molar-refractivity contribution in [3.8, 4) is 35.9 Å². The summed E-state index contributed by atoms with van der Waals surface area (Å²) in [6.07, 6.45) is 4.30. The third kappa shape index (κ3) is 3.32. The molecular formula is C17H14N2O6. The van der Waals surface area contributed by atoms with Crippen LogP contribution in [0, 0.1) is 12.3 Å². The normalized spacial score (nSPS) is 15.1. The molecule has 128 valence electrons. The van der Waals surface area contributed by atoms with Crippen LogP contribution in [0.3, 0.4) is 0 Å². The Morgan fingerprint density at radius 2 is 1.96 bits per heavy atom. The molecule has 2 aromatic rings. The van der Waals surface area contributed by atoms with Crippen molar-refractivity contribution in [3.05, 3.63) is 35.4 Å². The predicted octanol–water partition coefficient (Wildman–Crippen LogP) is 2.10. The lowest BCUT2D eigenvalue weighted by molar-refractivity contribution is -0.0927. The molecule has 0 saturated heterocycles. The molecule has 2 heterocycles. The highest BCUT2D eigenvalue weighted by atomic mass is 16.7. The number of carbonyl (C=O) groups is 1. The molecule has 0 amide bonds. The van der Waals surface area contributed by atoms with Gasteiger partial charge in [-0.1, -0.05) is 18.1 Å². The van der Waals surface area contributed by atoms with Crippen LogP contribution in [0.1, 0.15) is 22.2 Å². The van der Waals surface area contributed by atoms with Gasteiger partial charge in [0.15, 0.2) is 0 Å². The number of methoxy groups -OCH3 is 2. The first kappa shape index (κ1) is 16.5. The topological polar surface area (TPSA) is 89.0 Å². The number of fused-ring (bicyclic) bond motifs is 1. The van der Waals surface area contributed by atoms with E-state index in [0.29, 0.717) is 5.56 Å². The van der Waals surface area contributed by atoms with E-state index in [1.54, 1.807) is 18.2 Å². The van der Waals surface area contributed by atoms with Crippen molar-refractivity contribution < 1.29 is 28.5 Å². The third-order valence-corrected chi connectivity index (χ3v) is 3.33. The molecule has 1 aromatic heterocycles. The van der Waals surface area contributed by atoms with Gasteiger partial charge in [0.2, 0.25) is 18.1 Å². The van der Waals surface area contributed by atoms with Gasteiger partial charge in [-0.2, -0.15) is 9.97 Å². The van der Waals surface area contributed by atoms with Crippen LogP contribution in [0.2, 0.25) is 0 Å². The average molecular weight is 342 g/mol. The molecule has 8 nitrogen and oxygen atoms in total. The maximum atomic E-state index is 12.2. The van der Waals surface area contributed by atoms with Crippen LogP contribution >= 0.6 is 0 Å². The number of rotatable bonds is 6. The van der Waals surface area contributed by atoms with Crippen molar-refractivity contribution in [2.45, 2.75) is 6.29 Å². The van der Waals surface area contributed by atoms with Gasteiger partial charge in [0.05, 0.1) is 20.3 Å². The first-order valence-corrected chi connectivity index (χ1v) is 7.20. The number of ether oxygens (including phenoxy) is 5. The van der Waals surface area contributed by atoms with Crippen LogP contribution in [-0.2, 0) is 9.47 Å². The number of esters is 1. The van der Waals surface area contributed by atoms with E-state index in [2.05, 4.69) is 15.9 Å². The molecule has 1 atom stereocenters. The van der Waals surface area contributed by atoms with E-state index in [0.717, 1.165) is 0 Å². The van der Waals surface area contributed by atoms with Crippen LogP contribution in [0.15, 0.2) is 24.3 Å². The fourth-order valence-electron chi connectivity index (χ4n) is 2.25. The maximum absolute atomic E-state index is 12.2. The van der Waals surface area contributed by atoms with Gasteiger partial charge in [-0.3, -0.25) is 0 Å². The number of hydrogen-bond acceptors (Lipinski definition) is 8. The van der Waals surface area contributed by atoms with Gasteiger partial charge in [-0.15, -0.1) is 6.42 Å². The van der Waals surface area contributed by atoms with Crippen molar-refractivity contribution in [1.82, 2.24) is 9.97 Å². The first-order chi connectivity index (χ1) is 12.2. The minimum atomic E-state index is -0.872. The number of terminal acetylenes is 1. The zero-order chi connectivity index (χ0) is 17.8. The van der Waals surface area contributed by atoms with Gasteiger partial charge in [0, 0.05) is 5.56 Å². The molecule has 0 fully saturated rings. The number of aromatic nitrogens is 2. The van der Waals surface area contributed by atoms with Gasteiger partial charge in [-0.25, -0.2) is 4.79 Å². The van der Waals surface area contributed by atoms with Gasteiger partial charge in [0.1, 0.15) is 17.9 Å². The zero-order valence-corrected chi connectivity index (χ0v) is 13.5. The van der Waals surface area contributed by atoms with Gasteiger partial charge in [0.25, 0.3) is 0 Å². The number of cyclic esters (lactones) is 1. The minimum absolute atomic E-state index is 0.0126. The Hall–Kier alpha value is -3.31. The smallest absolute Gasteiger partial charge is 0.345 e. The molecule has 0 spiro atoms. The molecule has 1 aliphatic heterocycles. The van der Waals surface area contributed by atoms with Crippen LogP contribution in [0.4, 0.5) is 0 Å². The van der Waals surface area contributed by atoms with E-state index in [9.17, 15) is 4.79 Å². The fraction of sp³-hybridized carbons (Fsp3) is 0.235. The maximum Gasteiger partial charge on any atom is 0.345 e. The Bertz CT molecular complexity index is 823. The van der Waals surface area contributed by atoms with E-state index in [4.69, 9.17) is 30.1 Å². The quantitative estimate of drug-likeness (QED) is 0.582. The Balaban J connectivity index is 1.94. The Morgan fingerprint density at radius 1 is 1.24 bits per heavy atom. The van der Waals surface area contributed by atoms with E-state index >= 15 is 0 Å². The summed E-state index contributed by atoms with van der Waals surface area (Å²) in [6, 6.07) is 6.45. The Morgan fingerprint density at radius 3 is 2.60 bits per heavy atom. The van der Waals surface area contributed by atoms with Crippen LogP contribution in [0.25, 0.3) is 0 Å². The second-order valence-corrected chi connectivity index (χ2v) is 4.81. The molecule has 25 heavy (non-hydrogen) atoms. The number of carbonyl (C=O) groups excluding carboxylic acids is 1. The van der Waals surface area contributed by atoms with Crippen molar-refractivity contribution in [3.63, 3.8) is 0 Å². The van der Waals surface area contributed by atoms with Crippen LogP contribution in [0.5, 0.6) is 23.5 Å². The fourth-order valence-corrected chi connectivity index (χ4v) is 2.25. The molecular weight excluding hydrogens is 328 g/mol. The lowest BCUT2D eigenvalue weighted by Gasteiger charge is -2.10. The summed E-state index contributed by atoms with van der Waals surface area (Å²) in [6.45, 7) is 0.0126. The number of nitrogens with zero attached hydrogens (tertiary/aromatic N) is 2. The molecule has 1 unspecified atom stereocenters. The summed E-state index contributed by atoms with van der Waals surface area (Å²) in [7, 11) is 2.91. The van der Waals surface area contributed by atoms with Crippen molar-refractivity contribution >= 4 is 5.97 Å². The summed E-state index contributed by atoms with van der Waals surface area (Å²) in [5.41, 5.74) is 0.752. The SMILES string of the molecule is C#CCOC1OC(=O)c2c(Oc3nc(OC)cc(OC)n3)cccc21.